The van der Waals surface area contributed by atoms with Crippen LogP contribution in [0.1, 0.15) is 34.0 Å². The van der Waals surface area contributed by atoms with Crippen LogP contribution in [0.4, 0.5) is 0 Å². The molecule has 3 heteroatoms. The zero-order valence-corrected chi connectivity index (χ0v) is 10.3. The van der Waals surface area contributed by atoms with Gasteiger partial charge in [-0.1, -0.05) is 24.3 Å². The van der Waals surface area contributed by atoms with Crippen molar-refractivity contribution in [2.24, 2.45) is 0 Å². The Balaban J connectivity index is 2.18. The second-order valence-electron chi connectivity index (χ2n) is 3.94. The maximum absolute atomic E-state index is 9.43. The molecule has 0 aliphatic rings. The van der Waals surface area contributed by atoms with Gasteiger partial charge in [0, 0.05) is 12.6 Å². The molecule has 0 radical (unpaired) electrons. The first-order valence-corrected chi connectivity index (χ1v) is 6.15. The van der Waals surface area contributed by atoms with E-state index in [4.69, 9.17) is 0 Å². The van der Waals surface area contributed by atoms with Crippen LogP contribution in [-0.2, 0) is 6.42 Å². The molecule has 2 aromatic rings. The number of benzene rings is 1. The molecule has 1 unspecified atom stereocenters. The van der Waals surface area contributed by atoms with Gasteiger partial charge in [0.15, 0.2) is 0 Å². The zero-order chi connectivity index (χ0) is 11.5. The minimum Gasteiger partial charge on any atom is -0.388 e. The summed E-state index contributed by atoms with van der Waals surface area (Å²) >= 11 is 1.58. The Kier molecular flexibility index (Phi) is 3.36. The van der Waals surface area contributed by atoms with E-state index in [2.05, 4.69) is 24.0 Å². The lowest BCUT2D eigenvalue weighted by atomic mass is 10.1. The molecule has 2 rings (SSSR count). The molecule has 0 fully saturated rings. The summed E-state index contributed by atoms with van der Waals surface area (Å²) in [6.07, 6.45) is 2.20. The fourth-order valence-electron chi connectivity index (χ4n) is 1.57. The van der Waals surface area contributed by atoms with Crippen LogP contribution in [0.2, 0.25) is 0 Å². The summed E-state index contributed by atoms with van der Waals surface area (Å²) in [7, 11) is 0. The van der Waals surface area contributed by atoms with Gasteiger partial charge in [-0.15, -0.1) is 11.3 Å². The molecule has 0 saturated carbocycles. The van der Waals surface area contributed by atoms with Gasteiger partial charge in [0.1, 0.15) is 0 Å². The molecule has 2 nitrogen and oxygen atoms in total. The van der Waals surface area contributed by atoms with E-state index in [1.807, 2.05) is 12.1 Å². The molecule has 1 aromatic carbocycles. The Labute approximate surface area is 99.6 Å². The fraction of sp³-hybridized carbons (Fsp3) is 0.308. The monoisotopic (exact) mass is 233 g/mol. The Morgan fingerprint density at radius 1 is 1.38 bits per heavy atom. The van der Waals surface area contributed by atoms with Crippen LogP contribution >= 0.6 is 11.3 Å². The van der Waals surface area contributed by atoms with Crippen LogP contribution in [-0.4, -0.2) is 10.1 Å². The van der Waals surface area contributed by atoms with Gasteiger partial charge in [-0.05, 0) is 25.0 Å². The Bertz CT molecular complexity index is 476. The molecular weight excluding hydrogens is 218 g/mol. The standard InChI is InChI=1S/C13H15NOS/c1-9-5-3-4-6-11(9)7-13-14-8-12(16-13)10(2)15/h3-6,8,10,15H,7H2,1-2H3. The predicted molar refractivity (Wildman–Crippen MR) is 66.7 cm³/mol. The summed E-state index contributed by atoms with van der Waals surface area (Å²) in [6.45, 7) is 3.88. The van der Waals surface area contributed by atoms with E-state index >= 15 is 0 Å². The molecule has 0 aliphatic carbocycles. The summed E-state index contributed by atoms with van der Waals surface area (Å²) in [4.78, 5) is 5.27. The van der Waals surface area contributed by atoms with E-state index in [1.54, 1.807) is 24.5 Å². The number of hydrogen-bond acceptors (Lipinski definition) is 3. The molecule has 16 heavy (non-hydrogen) atoms. The number of hydrogen-bond donors (Lipinski definition) is 1. The highest BCUT2D eigenvalue weighted by Crippen LogP contribution is 2.23. The van der Waals surface area contributed by atoms with Gasteiger partial charge in [-0.25, -0.2) is 4.98 Å². The first kappa shape index (κ1) is 11.3. The van der Waals surface area contributed by atoms with Gasteiger partial charge >= 0.3 is 0 Å². The highest BCUT2D eigenvalue weighted by atomic mass is 32.1. The fourth-order valence-corrected chi connectivity index (χ4v) is 2.45. The van der Waals surface area contributed by atoms with Gasteiger partial charge in [0.25, 0.3) is 0 Å². The highest BCUT2D eigenvalue weighted by molar-refractivity contribution is 7.11. The van der Waals surface area contributed by atoms with E-state index in [0.717, 1.165) is 16.3 Å². The molecule has 1 aromatic heterocycles. The van der Waals surface area contributed by atoms with Gasteiger partial charge in [-0.3, -0.25) is 0 Å². The van der Waals surface area contributed by atoms with Gasteiger partial charge < -0.3 is 5.11 Å². The topological polar surface area (TPSA) is 33.1 Å². The summed E-state index contributed by atoms with van der Waals surface area (Å²) in [5, 5.41) is 10.5. The molecule has 0 bridgehead atoms. The first-order valence-electron chi connectivity index (χ1n) is 5.34. The van der Waals surface area contributed by atoms with Crippen molar-refractivity contribution in [2.75, 3.05) is 0 Å². The maximum Gasteiger partial charge on any atom is 0.0972 e. The third kappa shape index (κ3) is 2.49. The largest absolute Gasteiger partial charge is 0.388 e. The van der Waals surface area contributed by atoms with E-state index in [9.17, 15) is 5.11 Å². The lowest BCUT2D eigenvalue weighted by Crippen LogP contribution is -1.89. The number of aromatic nitrogens is 1. The first-order chi connectivity index (χ1) is 7.66. The van der Waals surface area contributed by atoms with Crippen molar-refractivity contribution in [1.82, 2.24) is 4.98 Å². The van der Waals surface area contributed by atoms with Crippen LogP contribution in [0.15, 0.2) is 30.5 Å². The van der Waals surface area contributed by atoms with Crippen LogP contribution in [0.25, 0.3) is 0 Å². The smallest absolute Gasteiger partial charge is 0.0972 e. The van der Waals surface area contributed by atoms with Crippen LogP contribution in [0.3, 0.4) is 0 Å². The number of aliphatic hydroxyl groups is 1. The summed E-state index contributed by atoms with van der Waals surface area (Å²) in [5.41, 5.74) is 2.59. The Hall–Kier alpha value is -1.19. The summed E-state index contributed by atoms with van der Waals surface area (Å²) in [5.74, 6) is 0. The van der Waals surface area contributed by atoms with Crippen molar-refractivity contribution in [3.05, 3.63) is 51.5 Å². The molecule has 84 valence electrons. The number of aliphatic hydroxyl groups excluding tert-OH is 1. The minimum atomic E-state index is -0.414. The van der Waals surface area contributed by atoms with Crippen molar-refractivity contribution in [1.29, 1.82) is 0 Å². The number of rotatable bonds is 3. The summed E-state index contributed by atoms with van der Waals surface area (Å²) < 4.78 is 0. The van der Waals surface area contributed by atoms with Crippen molar-refractivity contribution in [2.45, 2.75) is 26.4 Å². The van der Waals surface area contributed by atoms with E-state index in [0.29, 0.717) is 0 Å². The molecule has 0 aliphatic heterocycles. The average molecular weight is 233 g/mol. The SMILES string of the molecule is Cc1ccccc1Cc1ncc(C(C)O)s1. The van der Waals surface area contributed by atoms with Gasteiger partial charge in [0.2, 0.25) is 0 Å². The third-order valence-electron chi connectivity index (χ3n) is 2.59. The molecule has 0 amide bonds. The minimum absolute atomic E-state index is 0.414. The number of thiazole rings is 1. The second kappa shape index (κ2) is 4.76. The van der Waals surface area contributed by atoms with Gasteiger partial charge in [0.05, 0.1) is 16.0 Å². The highest BCUT2D eigenvalue weighted by Gasteiger charge is 2.08. The van der Waals surface area contributed by atoms with Crippen molar-refractivity contribution in [3.63, 3.8) is 0 Å². The Morgan fingerprint density at radius 3 is 2.75 bits per heavy atom. The second-order valence-corrected chi connectivity index (χ2v) is 5.08. The lowest BCUT2D eigenvalue weighted by Gasteiger charge is -2.02. The van der Waals surface area contributed by atoms with Crippen molar-refractivity contribution in [3.8, 4) is 0 Å². The van der Waals surface area contributed by atoms with Crippen LogP contribution < -0.4 is 0 Å². The lowest BCUT2D eigenvalue weighted by molar-refractivity contribution is 0.203. The molecular formula is C13H15NOS. The van der Waals surface area contributed by atoms with Crippen LogP contribution in [0, 0.1) is 6.92 Å². The normalized spacial score (nSPS) is 12.7. The molecule has 1 heterocycles. The zero-order valence-electron chi connectivity index (χ0n) is 9.47. The van der Waals surface area contributed by atoms with Gasteiger partial charge in [-0.2, -0.15) is 0 Å². The number of nitrogens with zero attached hydrogens (tertiary/aromatic N) is 1. The molecule has 1 N–H and O–H groups in total. The van der Waals surface area contributed by atoms with E-state index < -0.39 is 6.10 Å². The summed E-state index contributed by atoms with van der Waals surface area (Å²) in [6, 6.07) is 8.32. The maximum atomic E-state index is 9.43. The average Bonchev–Trinajstić information content (AvgIpc) is 2.70. The molecule has 0 saturated heterocycles. The van der Waals surface area contributed by atoms with Crippen molar-refractivity contribution >= 4 is 11.3 Å². The van der Waals surface area contributed by atoms with E-state index in [1.165, 1.54) is 11.1 Å². The van der Waals surface area contributed by atoms with Crippen molar-refractivity contribution < 1.29 is 5.11 Å². The molecule has 1 atom stereocenters. The number of aryl methyl sites for hydroxylation is 1. The third-order valence-corrected chi connectivity index (χ3v) is 3.75. The van der Waals surface area contributed by atoms with E-state index in [-0.39, 0.29) is 0 Å². The Morgan fingerprint density at radius 2 is 2.12 bits per heavy atom. The quantitative estimate of drug-likeness (QED) is 0.883. The van der Waals surface area contributed by atoms with Crippen LogP contribution in [0.5, 0.6) is 0 Å². The molecule has 0 spiro atoms. The predicted octanol–water partition coefficient (Wildman–Crippen LogP) is 3.10.